The van der Waals surface area contributed by atoms with Crippen molar-refractivity contribution in [3.8, 4) is 23.0 Å². The molecule has 2 aromatic heterocycles. The number of halogens is 1. The summed E-state index contributed by atoms with van der Waals surface area (Å²) in [4.78, 5) is 16.6. The third-order valence-corrected chi connectivity index (χ3v) is 4.51. The maximum atomic E-state index is 12.2. The van der Waals surface area contributed by atoms with Gasteiger partial charge in [-0.3, -0.25) is 0 Å². The highest BCUT2D eigenvalue weighted by molar-refractivity contribution is 6.30. The van der Waals surface area contributed by atoms with Crippen LogP contribution in [0, 0.1) is 6.92 Å². The highest BCUT2D eigenvalue weighted by Gasteiger charge is 2.15. The number of tetrazole rings is 1. The number of aryl methyl sites for hydroxylation is 2. The lowest BCUT2D eigenvalue weighted by Crippen LogP contribution is -2.23. The van der Waals surface area contributed by atoms with Crippen LogP contribution in [0.4, 0.5) is 0 Å². The predicted octanol–water partition coefficient (Wildman–Crippen LogP) is 3.16. The van der Waals surface area contributed by atoms with Gasteiger partial charge in [-0.2, -0.15) is 14.3 Å². The van der Waals surface area contributed by atoms with Crippen molar-refractivity contribution in [2.24, 2.45) is 7.05 Å². The average Bonchev–Trinajstić information content (AvgIpc) is 3.28. The summed E-state index contributed by atoms with van der Waals surface area (Å²) in [6.07, 6.45) is 1.63. The molecule has 0 aliphatic rings. The van der Waals surface area contributed by atoms with Crippen LogP contribution in [0.15, 0.2) is 57.9 Å². The lowest BCUT2D eigenvalue weighted by molar-refractivity contribution is 0.219. The second-order valence-corrected chi connectivity index (χ2v) is 6.60. The van der Waals surface area contributed by atoms with E-state index in [0.29, 0.717) is 16.4 Å². The van der Waals surface area contributed by atoms with Crippen LogP contribution in [0.25, 0.3) is 16.9 Å². The number of oxazole rings is 1. The number of hydrogen-bond donors (Lipinski definition) is 0. The number of ether oxygens (including phenoxy) is 1. The average molecular weight is 398 g/mol. The Kier molecular flexibility index (Phi) is 4.70. The van der Waals surface area contributed by atoms with Gasteiger partial charge in [-0.15, -0.1) is 0 Å². The van der Waals surface area contributed by atoms with E-state index in [1.165, 1.54) is 15.6 Å². The highest BCUT2D eigenvalue weighted by atomic mass is 35.5. The Labute approximate surface area is 164 Å². The monoisotopic (exact) mass is 397 g/mol. The molecular weight excluding hydrogens is 382 g/mol. The second kappa shape index (κ2) is 7.32. The molecule has 0 unspecified atom stereocenters. The van der Waals surface area contributed by atoms with Crippen LogP contribution < -0.4 is 10.4 Å². The van der Waals surface area contributed by atoms with Crippen LogP contribution >= 0.6 is 11.6 Å². The molecule has 0 spiro atoms. The van der Waals surface area contributed by atoms with E-state index < -0.39 is 0 Å². The van der Waals surface area contributed by atoms with Crippen molar-refractivity contribution in [2.75, 3.05) is 0 Å². The van der Waals surface area contributed by atoms with Crippen LogP contribution in [0.3, 0.4) is 0 Å². The molecule has 8 nitrogen and oxygen atoms in total. The lowest BCUT2D eigenvalue weighted by atomic mass is 10.1. The fraction of sp³-hybridized carbons (Fsp3) is 0.158. The summed E-state index contributed by atoms with van der Waals surface area (Å²) in [5.74, 6) is 0. The Morgan fingerprint density at radius 2 is 2.00 bits per heavy atom. The van der Waals surface area contributed by atoms with Crippen molar-refractivity contribution in [3.05, 3.63) is 75.4 Å². The molecule has 0 atom stereocenters. The minimum absolute atomic E-state index is 0.121. The first kappa shape index (κ1) is 18.0. The Hall–Kier alpha value is -3.39. The van der Waals surface area contributed by atoms with Gasteiger partial charge in [-0.25, -0.2) is 4.79 Å². The van der Waals surface area contributed by atoms with Crippen molar-refractivity contribution in [1.82, 2.24) is 24.8 Å². The van der Waals surface area contributed by atoms with Gasteiger partial charge >= 0.3 is 11.8 Å². The van der Waals surface area contributed by atoms with Crippen LogP contribution in [0.1, 0.15) is 11.1 Å². The van der Waals surface area contributed by atoms with Gasteiger partial charge in [0, 0.05) is 23.2 Å². The molecule has 28 heavy (non-hydrogen) atoms. The molecule has 142 valence electrons. The van der Waals surface area contributed by atoms with E-state index in [4.69, 9.17) is 20.8 Å². The number of nitrogens with zero attached hydrogens (tertiary/aromatic N) is 5. The molecule has 2 aromatic carbocycles. The Bertz CT molecular complexity index is 1190. The van der Waals surface area contributed by atoms with Gasteiger partial charge in [0.1, 0.15) is 18.6 Å². The zero-order valence-electron chi connectivity index (χ0n) is 15.2. The molecule has 0 aliphatic heterocycles. The Balaban J connectivity index is 1.60. The molecule has 0 bridgehead atoms. The maximum Gasteiger partial charge on any atom is 0.394 e. The smallest absolute Gasteiger partial charge is 0.394 e. The van der Waals surface area contributed by atoms with E-state index in [1.807, 2.05) is 31.2 Å². The molecule has 9 heteroatoms. The molecule has 0 fully saturated rings. The Morgan fingerprint density at radius 3 is 2.75 bits per heavy atom. The van der Waals surface area contributed by atoms with Crippen LogP contribution in [-0.2, 0) is 13.7 Å². The van der Waals surface area contributed by atoms with E-state index >= 15 is 0 Å². The van der Waals surface area contributed by atoms with Crippen LogP contribution in [0.2, 0.25) is 5.02 Å². The van der Waals surface area contributed by atoms with Crippen molar-refractivity contribution in [1.29, 1.82) is 0 Å². The highest BCUT2D eigenvalue weighted by Crippen LogP contribution is 2.25. The van der Waals surface area contributed by atoms with Gasteiger partial charge in [0.25, 0.3) is 0 Å². The summed E-state index contributed by atoms with van der Waals surface area (Å²) >= 11 is 6.02. The topological polar surface area (TPSA) is 88.0 Å². The van der Waals surface area contributed by atoms with Gasteiger partial charge in [-0.05, 0) is 41.1 Å². The van der Waals surface area contributed by atoms with E-state index in [1.54, 1.807) is 25.2 Å². The molecule has 0 saturated carbocycles. The molecule has 0 radical (unpaired) electrons. The Morgan fingerprint density at radius 1 is 1.18 bits per heavy atom. The van der Waals surface area contributed by atoms with Crippen LogP contribution in [-0.4, -0.2) is 24.8 Å². The van der Waals surface area contributed by atoms with E-state index in [9.17, 15) is 4.79 Å². The van der Waals surface area contributed by atoms with Gasteiger partial charge < -0.3 is 9.15 Å². The third kappa shape index (κ3) is 3.41. The van der Waals surface area contributed by atoms with Crippen molar-refractivity contribution < 1.29 is 9.15 Å². The largest absolute Gasteiger partial charge is 0.445 e. The van der Waals surface area contributed by atoms with E-state index in [0.717, 1.165) is 16.7 Å². The SMILES string of the molecule is Cc1cccc(-n2nnn(C)c2=O)c1COc1nc(-c2cccc(Cl)c2)co1. The minimum Gasteiger partial charge on any atom is -0.445 e. The minimum atomic E-state index is -0.341. The standard InChI is InChI=1S/C19H16ClN5O3/c1-12-5-3-8-17(25-19(26)24(2)22-23-25)15(12)10-27-18-21-16(11-28-18)13-6-4-7-14(20)9-13/h3-9,11H,10H2,1-2H3. The number of aromatic nitrogens is 5. The lowest BCUT2D eigenvalue weighted by Gasteiger charge is -2.11. The predicted molar refractivity (Wildman–Crippen MR) is 103 cm³/mol. The molecule has 0 saturated heterocycles. The number of rotatable bonds is 5. The quantitative estimate of drug-likeness (QED) is 0.514. The number of hydrogen-bond acceptors (Lipinski definition) is 6. The molecular formula is C19H16ClN5O3. The summed E-state index contributed by atoms with van der Waals surface area (Å²) < 4.78 is 13.5. The fourth-order valence-electron chi connectivity index (χ4n) is 2.78. The first-order valence-electron chi connectivity index (χ1n) is 8.45. The molecule has 0 aliphatic carbocycles. The molecule has 2 heterocycles. The van der Waals surface area contributed by atoms with Crippen molar-refractivity contribution in [2.45, 2.75) is 13.5 Å². The van der Waals surface area contributed by atoms with Gasteiger partial charge in [0.05, 0.1) is 5.69 Å². The molecule has 0 N–H and O–H groups in total. The zero-order valence-corrected chi connectivity index (χ0v) is 15.9. The normalized spacial score (nSPS) is 11.0. The molecule has 0 amide bonds. The maximum absolute atomic E-state index is 12.2. The van der Waals surface area contributed by atoms with Gasteiger partial charge in [0.2, 0.25) is 0 Å². The summed E-state index contributed by atoms with van der Waals surface area (Å²) in [7, 11) is 1.54. The summed E-state index contributed by atoms with van der Waals surface area (Å²) in [6.45, 7) is 2.08. The fourth-order valence-corrected chi connectivity index (χ4v) is 2.97. The first-order chi connectivity index (χ1) is 13.5. The van der Waals surface area contributed by atoms with Crippen LogP contribution in [0.5, 0.6) is 6.08 Å². The summed E-state index contributed by atoms with van der Waals surface area (Å²) in [5.41, 5.74) is 3.43. The van der Waals surface area contributed by atoms with Crippen molar-refractivity contribution in [3.63, 3.8) is 0 Å². The molecule has 4 rings (SSSR count). The number of benzene rings is 2. The van der Waals surface area contributed by atoms with E-state index in [2.05, 4.69) is 15.4 Å². The van der Waals surface area contributed by atoms with Gasteiger partial charge in [-0.1, -0.05) is 35.9 Å². The molecule has 4 aromatic rings. The second-order valence-electron chi connectivity index (χ2n) is 6.17. The summed E-state index contributed by atoms with van der Waals surface area (Å²) in [6, 6.07) is 12.9. The summed E-state index contributed by atoms with van der Waals surface area (Å²) in [5, 5.41) is 8.28. The first-order valence-corrected chi connectivity index (χ1v) is 8.83. The zero-order chi connectivity index (χ0) is 19.7. The third-order valence-electron chi connectivity index (χ3n) is 4.28. The van der Waals surface area contributed by atoms with E-state index in [-0.39, 0.29) is 18.4 Å². The van der Waals surface area contributed by atoms with Crippen molar-refractivity contribution >= 4 is 11.6 Å². The van der Waals surface area contributed by atoms with Gasteiger partial charge in [0.15, 0.2) is 0 Å².